The zero-order valence-corrected chi connectivity index (χ0v) is 17.7. The fourth-order valence-corrected chi connectivity index (χ4v) is 4.55. The average molecular weight is 353 g/mol. The Morgan fingerprint density at radius 3 is 1.72 bits per heavy atom. The predicted molar refractivity (Wildman–Crippen MR) is 109 cm³/mol. The summed E-state index contributed by atoms with van der Waals surface area (Å²) in [5.74, 6) is 0.234. The minimum Gasteiger partial charge on any atom is -0.340 e. The van der Waals surface area contributed by atoms with Gasteiger partial charge >= 0.3 is 0 Å². The Morgan fingerprint density at radius 1 is 0.840 bits per heavy atom. The molecule has 1 unspecified atom stereocenters. The van der Waals surface area contributed by atoms with Gasteiger partial charge in [-0.25, -0.2) is 0 Å². The molecule has 1 aliphatic heterocycles. The molecular formula is C22H44N2O. The number of unbranched alkanes of at least 4 members (excludes halogenated alkanes) is 7. The van der Waals surface area contributed by atoms with E-state index >= 15 is 0 Å². The molecule has 0 aromatic rings. The SMILES string of the molecule is CCCCCCCC(CCCCCC)N1[C@H](C)CN(C(C)=O)C[C@@H]1C. The number of hydrogen-bond donors (Lipinski definition) is 0. The fourth-order valence-electron chi connectivity index (χ4n) is 4.55. The van der Waals surface area contributed by atoms with Crippen molar-refractivity contribution in [2.24, 2.45) is 0 Å². The number of carbonyl (C=O) groups is 1. The molecule has 148 valence electrons. The molecule has 25 heavy (non-hydrogen) atoms. The highest BCUT2D eigenvalue weighted by molar-refractivity contribution is 5.73. The van der Waals surface area contributed by atoms with Crippen molar-refractivity contribution in [2.75, 3.05) is 13.1 Å². The van der Waals surface area contributed by atoms with E-state index in [2.05, 4.69) is 32.6 Å². The van der Waals surface area contributed by atoms with Crippen LogP contribution in [0.5, 0.6) is 0 Å². The number of nitrogens with zero attached hydrogens (tertiary/aromatic N) is 2. The molecule has 1 heterocycles. The van der Waals surface area contributed by atoms with E-state index in [0.717, 1.165) is 13.1 Å². The minimum atomic E-state index is 0.234. The van der Waals surface area contributed by atoms with Crippen molar-refractivity contribution in [1.82, 2.24) is 9.80 Å². The van der Waals surface area contributed by atoms with Gasteiger partial charge in [0.05, 0.1) is 0 Å². The average Bonchev–Trinajstić information content (AvgIpc) is 2.57. The molecule has 0 aliphatic carbocycles. The molecule has 0 N–H and O–H groups in total. The lowest BCUT2D eigenvalue weighted by atomic mass is 9.95. The van der Waals surface area contributed by atoms with Gasteiger partial charge in [-0.3, -0.25) is 9.69 Å². The molecule has 0 aromatic carbocycles. The van der Waals surface area contributed by atoms with Crippen LogP contribution in [-0.4, -0.2) is 46.9 Å². The summed E-state index contributed by atoms with van der Waals surface area (Å²) in [4.78, 5) is 16.6. The predicted octanol–water partition coefficient (Wildman–Crippen LogP) is 5.63. The molecule has 1 saturated heterocycles. The van der Waals surface area contributed by atoms with Crippen molar-refractivity contribution >= 4 is 5.91 Å². The van der Waals surface area contributed by atoms with E-state index in [1.54, 1.807) is 6.92 Å². The third-order valence-corrected chi connectivity index (χ3v) is 5.89. The first-order valence-corrected chi connectivity index (χ1v) is 11.0. The minimum absolute atomic E-state index is 0.234. The number of carbonyl (C=O) groups excluding carboxylic acids is 1. The maximum Gasteiger partial charge on any atom is 0.219 e. The number of amides is 1. The highest BCUT2D eigenvalue weighted by Crippen LogP contribution is 2.26. The van der Waals surface area contributed by atoms with Crippen molar-refractivity contribution in [3.8, 4) is 0 Å². The monoisotopic (exact) mass is 352 g/mol. The van der Waals surface area contributed by atoms with Gasteiger partial charge in [-0.2, -0.15) is 0 Å². The van der Waals surface area contributed by atoms with Crippen LogP contribution >= 0.6 is 0 Å². The lowest BCUT2D eigenvalue weighted by molar-refractivity contribution is -0.134. The summed E-state index contributed by atoms with van der Waals surface area (Å²) in [6.07, 6.45) is 14.9. The molecule has 0 bridgehead atoms. The van der Waals surface area contributed by atoms with Crippen LogP contribution in [0, 0.1) is 0 Å². The van der Waals surface area contributed by atoms with E-state index in [1.807, 2.05) is 4.90 Å². The van der Waals surface area contributed by atoms with Gasteiger partial charge < -0.3 is 4.90 Å². The largest absolute Gasteiger partial charge is 0.340 e. The van der Waals surface area contributed by atoms with Gasteiger partial charge in [-0.15, -0.1) is 0 Å². The summed E-state index contributed by atoms with van der Waals surface area (Å²) in [6.45, 7) is 12.7. The lowest BCUT2D eigenvalue weighted by Gasteiger charge is -2.48. The van der Waals surface area contributed by atoms with E-state index < -0.39 is 0 Å². The Bertz CT molecular complexity index is 346. The van der Waals surface area contributed by atoms with Gasteiger partial charge in [-0.05, 0) is 26.7 Å². The second kappa shape index (κ2) is 12.7. The van der Waals surface area contributed by atoms with Crippen LogP contribution in [0.15, 0.2) is 0 Å². The summed E-state index contributed by atoms with van der Waals surface area (Å²) >= 11 is 0. The van der Waals surface area contributed by atoms with Gasteiger partial charge in [-0.1, -0.05) is 71.6 Å². The van der Waals surface area contributed by atoms with E-state index in [0.29, 0.717) is 18.1 Å². The maximum absolute atomic E-state index is 11.8. The molecule has 1 rings (SSSR count). The third kappa shape index (κ3) is 8.11. The number of hydrogen-bond acceptors (Lipinski definition) is 2. The van der Waals surface area contributed by atoms with Crippen LogP contribution in [0.1, 0.15) is 105 Å². The van der Waals surface area contributed by atoms with Gasteiger partial charge in [0.15, 0.2) is 0 Å². The lowest BCUT2D eigenvalue weighted by Crippen LogP contribution is -2.60. The van der Waals surface area contributed by atoms with E-state index in [4.69, 9.17) is 0 Å². The highest BCUT2D eigenvalue weighted by atomic mass is 16.2. The molecule has 0 spiro atoms. The molecule has 3 heteroatoms. The number of piperazine rings is 1. The second-order valence-corrected chi connectivity index (χ2v) is 8.28. The molecule has 1 amide bonds. The Kier molecular flexibility index (Phi) is 11.4. The van der Waals surface area contributed by atoms with Crippen molar-refractivity contribution in [3.63, 3.8) is 0 Å². The van der Waals surface area contributed by atoms with Crippen LogP contribution in [0.2, 0.25) is 0 Å². The van der Waals surface area contributed by atoms with Gasteiger partial charge in [0.2, 0.25) is 5.91 Å². The molecule has 0 saturated carbocycles. The second-order valence-electron chi connectivity index (χ2n) is 8.28. The molecule has 0 aromatic heterocycles. The van der Waals surface area contributed by atoms with Gasteiger partial charge in [0.1, 0.15) is 0 Å². The Labute approximate surface area is 157 Å². The van der Waals surface area contributed by atoms with Crippen molar-refractivity contribution in [2.45, 2.75) is 123 Å². The normalized spacial score (nSPS) is 23.0. The van der Waals surface area contributed by atoms with E-state index in [-0.39, 0.29) is 5.91 Å². The maximum atomic E-state index is 11.8. The van der Waals surface area contributed by atoms with E-state index in [1.165, 1.54) is 70.6 Å². The molecule has 1 aliphatic rings. The number of rotatable bonds is 12. The molecule has 0 radical (unpaired) electrons. The standard InChI is InChI=1S/C22H44N2O/c1-6-8-10-12-14-16-22(15-13-11-9-7-2)24-19(3)17-23(21(5)25)18-20(24)4/h19-20,22H,6-18H2,1-5H3/t19-,20+,22?. The summed E-state index contributed by atoms with van der Waals surface area (Å²) in [5.41, 5.74) is 0. The third-order valence-electron chi connectivity index (χ3n) is 5.89. The smallest absolute Gasteiger partial charge is 0.219 e. The topological polar surface area (TPSA) is 23.6 Å². The Morgan fingerprint density at radius 2 is 1.28 bits per heavy atom. The van der Waals surface area contributed by atoms with Crippen LogP contribution in [-0.2, 0) is 4.79 Å². The fraction of sp³-hybridized carbons (Fsp3) is 0.955. The Balaban J connectivity index is 2.60. The first-order valence-electron chi connectivity index (χ1n) is 11.0. The zero-order chi connectivity index (χ0) is 18.7. The van der Waals surface area contributed by atoms with Gasteiger partial charge in [0, 0.05) is 38.1 Å². The quantitative estimate of drug-likeness (QED) is 0.425. The highest BCUT2D eigenvalue weighted by Gasteiger charge is 2.34. The van der Waals surface area contributed by atoms with Crippen molar-refractivity contribution in [3.05, 3.63) is 0 Å². The van der Waals surface area contributed by atoms with Crippen LogP contribution in [0.25, 0.3) is 0 Å². The molecule has 3 nitrogen and oxygen atoms in total. The van der Waals surface area contributed by atoms with Gasteiger partial charge in [0.25, 0.3) is 0 Å². The Hall–Kier alpha value is -0.570. The summed E-state index contributed by atoms with van der Waals surface area (Å²) < 4.78 is 0. The first kappa shape index (κ1) is 22.5. The summed E-state index contributed by atoms with van der Waals surface area (Å²) in [6, 6.07) is 1.68. The summed E-state index contributed by atoms with van der Waals surface area (Å²) in [5, 5.41) is 0. The van der Waals surface area contributed by atoms with Crippen molar-refractivity contribution in [1.29, 1.82) is 0 Å². The molecule has 1 fully saturated rings. The first-order chi connectivity index (χ1) is 12.0. The summed E-state index contributed by atoms with van der Waals surface area (Å²) in [7, 11) is 0. The van der Waals surface area contributed by atoms with Crippen LogP contribution < -0.4 is 0 Å². The van der Waals surface area contributed by atoms with Crippen LogP contribution in [0.4, 0.5) is 0 Å². The zero-order valence-electron chi connectivity index (χ0n) is 17.7. The molecular weight excluding hydrogens is 308 g/mol. The van der Waals surface area contributed by atoms with E-state index in [9.17, 15) is 4.79 Å². The molecule has 3 atom stereocenters. The van der Waals surface area contributed by atoms with Crippen LogP contribution in [0.3, 0.4) is 0 Å². The van der Waals surface area contributed by atoms with Crippen molar-refractivity contribution < 1.29 is 4.79 Å².